The fourth-order valence-corrected chi connectivity index (χ4v) is 7.63. The van der Waals surface area contributed by atoms with Crippen molar-refractivity contribution in [2.24, 2.45) is 34.5 Å². The van der Waals surface area contributed by atoms with Crippen LogP contribution in [0, 0.1) is 34.5 Å². The molecule has 0 aromatic heterocycles. The molecule has 3 saturated carbocycles. The van der Waals surface area contributed by atoms with E-state index < -0.39 is 5.97 Å². The average Bonchev–Trinajstić information content (AvgIpc) is 3.07. The summed E-state index contributed by atoms with van der Waals surface area (Å²) in [6.45, 7) is 11.6. The fraction of sp³-hybridized carbons (Fsp3) is 0.833. The number of hydrogen-bond acceptors (Lipinski definition) is 4. The SMILES string of the molecule is CC.CCN1C(=O)C=CC2(C)C3CCC4(C)C(CC(=O)O)CCC4C3CCC12.SS. The van der Waals surface area contributed by atoms with Crippen LogP contribution in [-0.4, -0.2) is 34.5 Å². The number of rotatable bonds is 3. The minimum atomic E-state index is -0.637. The van der Waals surface area contributed by atoms with Crippen molar-refractivity contribution in [3.8, 4) is 0 Å². The van der Waals surface area contributed by atoms with Gasteiger partial charge in [-0.25, -0.2) is 0 Å². The molecule has 3 fully saturated rings. The molecule has 1 amide bonds. The predicted molar refractivity (Wildman–Crippen MR) is 130 cm³/mol. The average molecular weight is 456 g/mol. The monoisotopic (exact) mass is 455 g/mol. The van der Waals surface area contributed by atoms with Crippen molar-refractivity contribution in [3.63, 3.8) is 0 Å². The first-order chi connectivity index (χ1) is 14.3. The summed E-state index contributed by atoms with van der Waals surface area (Å²) in [7, 11) is 0. The minimum Gasteiger partial charge on any atom is -0.481 e. The van der Waals surface area contributed by atoms with Crippen molar-refractivity contribution in [3.05, 3.63) is 12.2 Å². The molecule has 7 unspecified atom stereocenters. The van der Waals surface area contributed by atoms with Gasteiger partial charge >= 0.3 is 5.97 Å². The normalized spacial score (nSPS) is 41.4. The Bertz CT molecular complexity index is 654. The number of hydrogen-bond donors (Lipinski definition) is 3. The largest absolute Gasteiger partial charge is 0.481 e. The van der Waals surface area contributed by atoms with Gasteiger partial charge in [-0.2, -0.15) is 0 Å². The van der Waals surface area contributed by atoms with E-state index in [1.165, 1.54) is 19.3 Å². The molecule has 0 aromatic rings. The summed E-state index contributed by atoms with van der Waals surface area (Å²) in [5, 5.41) is 9.34. The van der Waals surface area contributed by atoms with Gasteiger partial charge in [-0.05, 0) is 80.6 Å². The lowest BCUT2D eigenvalue weighted by Gasteiger charge is -2.60. The second kappa shape index (κ2) is 10.3. The van der Waals surface area contributed by atoms with Crippen LogP contribution >= 0.6 is 23.3 Å². The van der Waals surface area contributed by atoms with Gasteiger partial charge in [-0.1, -0.05) is 33.8 Å². The Morgan fingerprint density at radius 1 is 1.13 bits per heavy atom. The molecule has 172 valence electrons. The van der Waals surface area contributed by atoms with Crippen LogP contribution < -0.4 is 0 Å². The smallest absolute Gasteiger partial charge is 0.303 e. The van der Waals surface area contributed by atoms with Crippen molar-refractivity contribution in [1.82, 2.24) is 4.90 Å². The van der Waals surface area contributed by atoms with E-state index in [0.29, 0.717) is 36.1 Å². The third kappa shape index (κ3) is 4.20. The molecule has 0 bridgehead atoms. The maximum Gasteiger partial charge on any atom is 0.303 e. The number of aliphatic carboxylic acids is 1. The number of fused-ring (bicyclic) bond motifs is 5. The van der Waals surface area contributed by atoms with E-state index in [-0.39, 0.29) is 16.7 Å². The highest BCUT2D eigenvalue weighted by molar-refractivity contribution is 8.59. The zero-order valence-electron chi connectivity index (χ0n) is 19.3. The van der Waals surface area contributed by atoms with Gasteiger partial charge < -0.3 is 10.0 Å². The van der Waals surface area contributed by atoms with Gasteiger partial charge in [0.1, 0.15) is 0 Å². The van der Waals surface area contributed by atoms with Crippen LogP contribution in [0.5, 0.6) is 0 Å². The highest BCUT2D eigenvalue weighted by Gasteiger charge is 2.60. The molecular weight excluding hydrogens is 414 g/mol. The molecule has 0 radical (unpaired) electrons. The number of carbonyl (C=O) groups is 2. The van der Waals surface area contributed by atoms with E-state index in [1.807, 2.05) is 19.9 Å². The van der Waals surface area contributed by atoms with Gasteiger partial charge in [0.25, 0.3) is 0 Å². The number of thiol groups is 2. The van der Waals surface area contributed by atoms with Crippen molar-refractivity contribution in [2.75, 3.05) is 6.54 Å². The van der Waals surface area contributed by atoms with Crippen molar-refractivity contribution >= 4 is 35.2 Å². The standard InChI is InChI=1S/C22H33NO3.C2H6.H2S2/c1-4-23-18-8-6-15-16-7-5-14(13-20(25)26)21(16,2)11-9-17(15)22(18,3)12-10-19(23)24;2*1-2/h10,12,14-18H,4-9,11,13H2,1-3H3,(H,25,26);1-2H3;1-2H. The van der Waals surface area contributed by atoms with E-state index in [4.69, 9.17) is 0 Å². The van der Waals surface area contributed by atoms with E-state index in [0.717, 1.165) is 25.8 Å². The van der Waals surface area contributed by atoms with Gasteiger partial charge in [-0.3, -0.25) is 9.59 Å². The van der Waals surface area contributed by atoms with E-state index >= 15 is 0 Å². The molecule has 30 heavy (non-hydrogen) atoms. The minimum absolute atomic E-state index is 0.0824. The summed E-state index contributed by atoms with van der Waals surface area (Å²) in [6.07, 6.45) is 11.3. The van der Waals surface area contributed by atoms with Gasteiger partial charge in [0.05, 0.1) is 0 Å². The first-order valence-corrected chi connectivity index (χ1v) is 13.3. The fourth-order valence-electron chi connectivity index (χ4n) is 7.63. The zero-order chi connectivity index (χ0) is 22.7. The molecule has 6 heteroatoms. The van der Waals surface area contributed by atoms with Gasteiger partial charge in [0, 0.05) is 24.4 Å². The van der Waals surface area contributed by atoms with Crippen LogP contribution in [0.2, 0.25) is 0 Å². The lowest BCUT2D eigenvalue weighted by molar-refractivity contribution is -0.143. The number of amides is 1. The maximum atomic E-state index is 12.3. The van der Waals surface area contributed by atoms with Crippen molar-refractivity contribution in [2.45, 2.75) is 85.6 Å². The molecule has 4 rings (SSSR count). The molecular formula is C24H41NO3S2. The number of likely N-dealkylation sites (N-methyl/N-ethyl adjacent to an activating group) is 1. The maximum absolute atomic E-state index is 12.3. The molecule has 1 aliphatic heterocycles. The molecule has 4 aliphatic rings. The number of carboxylic acid groups (broad SMARTS) is 1. The summed E-state index contributed by atoms with van der Waals surface area (Å²) in [5.74, 6) is 1.85. The van der Waals surface area contributed by atoms with Crippen molar-refractivity contribution in [1.29, 1.82) is 0 Å². The third-order valence-corrected chi connectivity index (χ3v) is 8.93. The first-order valence-electron chi connectivity index (χ1n) is 11.7. The molecule has 7 atom stereocenters. The summed E-state index contributed by atoms with van der Waals surface area (Å²) < 4.78 is 0. The Balaban J connectivity index is 0.000000757. The molecule has 0 saturated heterocycles. The van der Waals surface area contributed by atoms with Gasteiger partial charge in [-0.15, -0.1) is 23.3 Å². The Morgan fingerprint density at radius 2 is 1.80 bits per heavy atom. The van der Waals surface area contributed by atoms with E-state index in [2.05, 4.69) is 55.1 Å². The third-order valence-electron chi connectivity index (χ3n) is 8.93. The van der Waals surface area contributed by atoms with Gasteiger partial charge in [0.2, 0.25) is 5.91 Å². The van der Waals surface area contributed by atoms with E-state index in [1.54, 1.807) is 0 Å². The van der Waals surface area contributed by atoms with Crippen LogP contribution in [0.1, 0.15) is 79.6 Å². The van der Waals surface area contributed by atoms with Crippen LogP contribution in [0.3, 0.4) is 0 Å². The number of carbonyl (C=O) groups excluding carboxylic acids is 1. The van der Waals surface area contributed by atoms with Crippen LogP contribution in [0.25, 0.3) is 0 Å². The zero-order valence-corrected chi connectivity index (χ0v) is 21.1. The summed E-state index contributed by atoms with van der Waals surface area (Å²) >= 11 is 6.44. The van der Waals surface area contributed by atoms with Crippen LogP contribution in [-0.2, 0) is 9.59 Å². The van der Waals surface area contributed by atoms with E-state index in [9.17, 15) is 14.7 Å². The summed E-state index contributed by atoms with van der Waals surface area (Å²) in [4.78, 5) is 25.8. The molecule has 0 aromatic carbocycles. The number of nitrogens with zero attached hydrogens (tertiary/aromatic N) is 1. The Kier molecular flexibility index (Phi) is 8.83. The van der Waals surface area contributed by atoms with Crippen LogP contribution in [0.15, 0.2) is 12.2 Å². The summed E-state index contributed by atoms with van der Waals surface area (Å²) in [6, 6.07) is 0.340. The molecule has 3 aliphatic carbocycles. The Morgan fingerprint density at radius 3 is 2.40 bits per heavy atom. The number of carboxylic acids is 1. The predicted octanol–water partition coefficient (Wildman–Crippen LogP) is 5.89. The molecule has 1 N–H and O–H groups in total. The highest BCUT2D eigenvalue weighted by Crippen LogP contribution is 2.65. The quantitative estimate of drug-likeness (QED) is 0.367. The topological polar surface area (TPSA) is 57.6 Å². The molecule has 4 nitrogen and oxygen atoms in total. The first kappa shape index (κ1) is 25.6. The second-order valence-electron chi connectivity index (χ2n) is 9.71. The Hall–Kier alpha value is -0.620. The van der Waals surface area contributed by atoms with Gasteiger partial charge in [0.15, 0.2) is 0 Å². The second-order valence-corrected chi connectivity index (χ2v) is 9.71. The molecule has 1 heterocycles. The summed E-state index contributed by atoms with van der Waals surface area (Å²) in [5.41, 5.74) is 0.278. The highest BCUT2D eigenvalue weighted by atomic mass is 33.1. The Labute approximate surface area is 193 Å². The van der Waals surface area contributed by atoms with Crippen molar-refractivity contribution < 1.29 is 14.7 Å². The lowest BCUT2D eigenvalue weighted by Crippen LogP contribution is -2.60. The molecule has 0 spiro atoms. The lowest BCUT2D eigenvalue weighted by atomic mass is 9.47. The van der Waals surface area contributed by atoms with Crippen LogP contribution in [0.4, 0.5) is 0 Å².